The molecule has 21 heavy (non-hydrogen) atoms. The number of halogens is 1. The largest absolute Gasteiger partial charge is 0.304 e. The van der Waals surface area contributed by atoms with E-state index in [1.807, 2.05) is 43.0 Å². The van der Waals surface area contributed by atoms with E-state index in [-0.39, 0.29) is 6.04 Å². The average molecular weight is 304 g/mol. The zero-order valence-corrected chi connectivity index (χ0v) is 13.2. The number of aromatic nitrogens is 5. The number of hydrogen-bond donors (Lipinski definition) is 0. The third kappa shape index (κ3) is 2.31. The molecule has 0 aliphatic carbocycles. The van der Waals surface area contributed by atoms with Crippen molar-refractivity contribution < 1.29 is 0 Å². The minimum atomic E-state index is 0.0872. The highest BCUT2D eigenvalue weighted by Gasteiger charge is 2.22. The number of pyridine rings is 1. The van der Waals surface area contributed by atoms with Crippen LogP contribution in [-0.4, -0.2) is 30.2 Å². The molecule has 1 atom stereocenters. The van der Waals surface area contributed by atoms with Gasteiger partial charge in [-0.3, -0.25) is 9.67 Å². The first-order valence-electron chi connectivity index (χ1n) is 7.00. The maximum absolute atomic E-state index is 5.94. The molecule has 3 aromatic rings. The lowest BCUT2D eigenvalue weighted by Gasteiger charge is -2.17. The first-order valence-corrected chi connectivity index (χ1v) is 7.54. The van der Waals surface area contributed by atoms with E-state index in [1.165, 1.54) is 0 Å². The Kier molecular flexibility index (Phi) is 3.68. The molecule has 0 radical (unpaired) electrons. The Morgan fingerprint density at radius 1 is 1.33 bits per heavy atom. The van der Waals surface area contributed by atoms with Crippen LogP contribution in [0.25, 0.3) is 11.2 Å². The molecule has 110 valence electrons. The van der Waals surface area contributed by atoms with Gasteiger partial charge < -0.3 is 4.57 Å². The van der Waals surface area contributed by atoms with E-state index in [0.29, 0.717) is 5.88 Å². The lowest BCUT2D eigenvalue weighted by Crippen LogP contribution is -2.14. The highest BCUT2D eigenvalue weighted by molar-refractivity contribution is 6.17. The average Bonchev–Trinajstić information content (AvgIpc) is 2.98. The second kappa shape index (κ2) is 5.48. The van der Waals surface area contributed by atoms with Crippen molar-refractivity contribution in [3.63, 3.8) is 0 Å². The number of hydrogen-bond acceptors (Lipinski definition) is 3. The third-order valence-electron chi connectivity index (χ3n) is 3.73. The van der Waals surface area contributed by atoms with Crippen molar-refractivity contribution in [1.29, 1.82) is 0 Å². The van der Waals surface area contributed by atoms with E-state index >= 15 is 0 Å². The van der Waals surface area contributed by atoms with Gasteiger partial charge in [-0.15, -0.1) is 11.6 Å². The summed E-state index contributed by atoms with van der Waals surface area (Å²) in [4.78, 5) is 9.20. The molecule has 6 heteroatoms. The van der Waals surface area contributed by atoms with Gasteiger partial charge in [0.15, 0.2) is 5.65 Å². The Bertz CT molecular complexity index is 759. The number of rotatable bonds is 4. The Morgan fingerprint density at radius 2 is 2.14 bits per heavy atom. The first-order chi connectivity index (χ1) is 10.1. The van der Waals surface area contributed by atoms with Crippen LogP contribution in [0.5, 0.6) is 0 Å². The maximum Gasteiger partial charge on any atom is 0.159 e. The van der Waals surface area contributed by atoms with E-state index < -0.39 is 0 Å². The summed E-state index contributed by atoms with van der Waals surface area (Å²) < 4.78 is 4.08. The van der Waals surface area contributed by atoms with Crippen molar-refractivity contribution in [2.45, 2.75) is 26.3 Å². The number of fused-ring (bicyclic) bond motifs is 1. The molecule has 0 spiro atoms. The van der Waals surface area contributed by atoms with Crippen LogP contribution in [0, 0.1) is 6.92 Å². The molecule has 3 aromatic heterocycles. The Hall–Kier alpha value is -1.88. The van der Waals surface area contributed by atoms with E-state index in [0.717, 1.165) is 34.8 Å². The quantitative estimate of drug-likeness (QED) is 0.696. The van der Waals surface area contributed by atoms with Gasteiger partial charge in [0.25, 0.3) is 0 Å². The van der Waals surface area contributed by atoms with Gasteiger partial charge >= 0.3 is 0 Å². The van der Waals surface area contributed by atoms with Gasteiger partial charge in [0.2, 0.25) is 0 Å². The maximum atomic E-state index is 5.94. The molecule has 0 amide bonds. The molecule has 0 aliphatic heterocycles. The molecule has 1 unspecified atom stereocenters. The van der Waals surface area contributed by atoms with Crippen molar-refractivity contribution in [3.05, 3.63) is 41.6 Å². The summed E-state index contributed by atoms with van der Waals surface area (Å²) in [5.74, 6) is 1.53. The van der Waals surface area contributed by atoms with Gasteiger partial charge in [0.1, 0.15) is 11.3 Å². The van der Waals surface area contributed by atoms with E-state index in [2.05, 4.69) is 21.6 Å². The highest BCUT2D eigenvalue weighted by atomic mass is 35.5. The van der Waals surface area contributed by atoms with E-state index in [9.17, 15) is 0 Å². The van der Waals surface area contributed by atoms with Crippen molar-refractivity contribution in [1.82, 2.24) is 24.3 Å². The van der Waals surface area contributed by atoms with Crippen molar-refractivity contribution in [2.24, 2.45) is 7.05 Å². The number of aryl methyl sites for hydroxylation is 3. The molecule has 0 saturated heterocycles. The van der Waals surface area contributed by atoms with Crippen LogP contribution >= 0.6 is 11.6 Å². The third-order valence-corrected chi connectivity index (χ3v) is 3.92. The molecule has 0 fully saturated rings. The molecule has 0 saturated carbocycles. The number of nitrogens with zero attached hydrogens (tertiary/aromatic N) is 5. The smallest absolute Gasteiger partial charge is 0.159 e. The van der Waals surface area contributed by atoms with Crippen molar-refractivity contribution in [2.75, 3.05) is 5.88 Å². The fraction of sp³-hybridized carbons (Fsp3) is 0.400. The Balaban J connectivity index is 2.21. The van der Waals surface area contributed by atoms with Crippen LogP contribution in [0.3, 0.4) is 0 Å². The van der Waals surface area contributed by atoms with Gasteiger partial charge in [-0.25, -0.2) is 4.98 Å². The summed E-state index contributed by atoms with van der Waals surface area (Å²) in [5.41, 5.74) is 3.91. The minimum absolute atomic E-state index is 0.0872. The monoisotopic (exact) mass is 303 g/mol. The normalized spacial score (nSPS) is 13.0. The molecule has 3 rings (SSSR count). The second-order valence-electron chi connectivity index (χ2n) is 5.15. The highest BCUT2D eigenvalue weighted by Crippen LogP contribution is 2.26. The summed E-state index contributed by atoms with van der Waals surface area (Å²) in [5, 5.41) is 4.47. The Morgan fingerprint density at radius 3 is 2.81 bits per heavy atom. The SMILES string of the molecule is Cc1nn(C)c2c1nc(CCCl)n2C(C)c1ccccn1. The van der Waals surface area contributed by atoms with Gasteiger partial charge in [-0.05, 0) is 26.0 Å². The van der Waals surface area contributed by atoms with Gasteiger partial charge in [-0.1, -0.05) is 6.07 Å². The van der Waals surface area contributed by atoms with Crippen molar-refractivity contribution >= 4 is 22.8 Å². The fourth-order valence-corrected chi connectivity index (χ4v) is 2.93. The second-order valence-corrected chi connectivity index (χ2v) is 5.53. The molecule has 3 heterocycles. The van der Waals surface area contributed by atoms with E-state index in [4.69, 9.17) is 16.6 Å². The zero-order chi connectivity index (χ0) is 15.0. The van der Waals surface area contributed by atoms with Gasteiger partial charge in [0.05, 0.1) is 17.4 Å². The van der Waals surface area contributed by atoms with Crippen LogP contribution in [0.1, 0.15) is 30.2 Å². The van der Waals surface area contributed by atoms with Crippen LogP contribution in [0.15, 0.2) is 24.4 Å². The fourth-order valence-electron chi connectivity index (χ4n) is 2.76. The van der Waals surface area contributed by atoms with Crippen LogP contribution in [-0.2, 0) is 13.5 Å². The topological polar surface area (TPSA) is 48.5 Å². The van der Waals surface area contributed by atoms with Gasteiger partial charge in [0, 0.05) is 25.5 Å². The molecule has 0 bridgehead atoms. The minimum Gasteiger partial charge on any atom is -0.304 e. The lowest BCUT2D eigenvalue weighted by molar-refractivity contribution is 0.586. The van der Waals surface area contributed by atoms with E-state index in [1.54, 1.807) is 0 Å². The summed E-state index contributed by atoms with van der Waals surface area (Å²) in [7, 11) is 1.95. The molecule has 0 aliphatic rings. The molecule has 0 aromatic carbocycles. The Labute approximate surface area is 128 Å². The number of alkyl halides is 1. The predicted octanol–water partition coefficient (Wildman–Crippen LogP) is 2.86. The summed E-state index contributed by atoms with van der Waals surface area (Å²) in [6.07, 6.45) is 2.54. The van der Waals surface area contributed by atoms with Crippen LogP contribution < -0.4 is 0 Å². The lowest BCUT2D eigenvalue weighted by atomic mass is 10.2. The summed E-state index contributed by atoms with van der Waals surface area (Å²) in [6.45, 7) is 4.11. The predicted molar refractivity (Wildman–Crippen MR) is 83.7 cm³/mol. The molecule has 0 N–H and O–H groups in total. The molecular formula is C15H18ClN5. The zero-order valence-electron chi connectivity index (χ0n) is 12.4. The standard InChI is InChI=1S/C15H18ClN5/c1-10-14-15(20(3)19-10)21(13(18-14)7-8-16)11(2)12-6-4-5-9-17-12/h4-6,9,11H,7-8H2,1-3H3. The van der Waals surface area contributed by atoms with Crippen molar-refractivity contribution in [3.8, 4) is 0 Å². The summed E-state index contributed by atoms with van der Waals surface area (Å²) in [6, 6.07) is 6.05. The summed E-state index contributed by atoms with van der Waals surface area (Å²) >= 11 is 5.94. The van der Waals surface area contributed by atoms with Crippen LogP contribution in [0.2, 0.25) is 0 Å². The number of imidazole rings is 1. The first kappa shape index (κ1) is 14.1. The van der Waals surface area contributed by atoms with Crippen LogP contribution in [0.4, 0.5) is 0 Å². The molecule has 5 nitrogen and oxygen atoms in total. The van der Waals surface area contributed by atoms with Gasteiger partial charge in [-0.2, -0.15) is 5.10 Å². The molecular weight excluding hydrogens is 286 g/mol.